The molecule has 1 aliphatic carbocycles. The monoisotopic (exact) mass is 477 g/mol. The molecule has 2 saturated heterocycles. The van der Waals surface area contributed by atoms with Gasteiger partial charge in [0.05, 0.1) is 6.26 Å². The Balaban J connectivity index is 1.03. The van der Waals surface area contributed by atoms with Crippen LogP contribution in [0.5, 0.6) is 11.6 Å². The van der Waals surface area contributed by atoms with Crippen molar-refractivity contribution in [3.8, 4) is 11.6 Å². The van der Waals surface area contributed by atoms with Crippen LogP contribution in [0.15, 0.2) is 47.2 Å². The van der Waals surface area contributed by atoms with E-state index in [-0.39, 0.29) is 11.9 Å². The van der Waals surface area contributed by atoms with Crippen LogP contribution >= 0.6 is 0 Å². The van der Waals surface area contributed by atoms with Crippen LogP contribution in [0, 0.1) is 0 Å². The van der Waals surface area contributed by atoms with Crippen molar-refractivity contribution in [2.75, 3.05) is 39.3 Å². The lowest BCUT2D eigenvalue weighted by atomic mass is 10.1. The first kappa shape index (κ1) is 22.5. The molecule has 2 aromatic heterocycles. The van der Waals surface area contributed by atoms with Gasteiger partial charge in [-0.25, -0.2) is 4.98 Å². The largest absolute Gasteiger partial charge is 0.464 e. The Bertz CT molecular complexity index is 1190. The Morgan fingerprint density at radius 1 is 1.20 bits per heavy atom. The molecule has 9 nitrogen and oxygen atoms in total. The van der Waals surface area contributed by atoms with Crippen LogP contribution < -0.4 is 15.6 Å². The highest BCUT2D eigenvalue weighted by atomic mass is 16.5. The number of piperazine rings is 1. The fourth-order valence-electron chi connectivity index (χ4n) is 4.91. The zero-order chi connectivity index (χ0) is 23.8. The lowest BCUT2D eigenvalue weighted by molar-refractivity contribution is -0.144. The number of benzene rings is 1. The summed E-state index contributed by atoms with van der Waals surface area (Å²) >= 11 is 0. The molecular formula is C26H31N5O4. The lowest BCUT2D eigenvalue weighted by Gasteiger charge is -2.35. The molecule has 1 saturated carbocycles. The zero-order valence-electron chi connectivity index (χ0n) is 19.7. The van der Waals surface area contributed by atoms with Crippen LogP contribution in [0.25, 0.3) is 11.0 Å². The molecule has 9 heteroatoms. The highest BCUT2D eigenvalue weighted by Gasteiger charge is 2.50. The van der Waals surface area contributed by atoms with Gasteiger partial charge in [-0.3, -0.25) is 20.5 Å². The van der Waals surface area contributed by atoms with Crippen LogP contribution in [-0.2, 0) is 11.2 Å². The number of rotatable bonds is 7. The molecule has 6 rings (SSSR count). The molecule has 3 aromatic rings. The molecule has 1 amide bonds. The van der Waals surface area contributed by atoms with Gasteiger partial charge in [-0.15, -0.1) is 0 Å². The Labute approximate surface area is 204 Å². The average molecular weight is 478 g/mol. The van der Waals surface area contributed by atoms with E-state index >= 15 is 0 Å². The minimum atomic E-state index is -1.06. The van der Waals surface area contributed by atoms with Gasteiger partial charge in [0.25, 0.3) is 5.91 Å². The van der Waals surface area contributed by atoms with Crippen molar-refractivity contribution >= 4 is 16.9 Å². The number of nitrogens with one attached hydrogen (secondary N) is 2. The average Bonchev–Trinajstić information content (AvgIpc) is 3.26. The number of aromatic nitrogens is 1. The van der Waals surface area contributed by atoms with Gasteiger partial charge in [0.15, 0.2) is 0 Å². The van der Waals surface area contributed by atoms with Gasteiger partial charge in [-0.05, 0) is 48.9 Å². The summed E-state index contributed by atoms with van der Waals surface area (Å²) < 4.78 is 11.8. The molecule has 2 aliphatic heterocycles. The summed E-state index contributed by atoms with van der Waals surface area (Å²) in [6, 6.07) is 10.1. The van der Waals surface area contributed by atoms with Crippen molar-refractivity contribution in [2.45, 2.75) is 37.3 Å². The van der Waals surface area contributed by atoms with Crippen molar-refractivity contribution in [1.29, 1.82) is 0 Å². The second-order valence-corrected chi connectivity index (χ2v) is 9.78. The fraction of sp³-hybridized carbons (Fsp3) is 0.462. The summed E-state index contributed by atoms with van der Waals surface area (Å²) in [6.07, 6.45) is 6.80. The molecule has 0 bridgehead atoms. The number of hydrogen-bond acceptors (Lipinski definition) is 8. The number of nitrogens with zero attached hydrogens (tertiary/aromatic N) is 3. The number of hydrazine groups is 1. The molecule has 0 radical (unpaired) electrons. The van der Waals surface area contributed by atoms with E-state index in [9.17, 15) is 9.90 Å². The number of furan rings is 1. The van der Waals surface area contributed by atoms with E-state index in [0.717, 1.165) is 61.1 Å². The van der Waals surface area contributed by atoms with E-state index in [2.05, 4.69) is 20.7 Å². The van der Waals surface area contributed by atoms with E-state index < -0.39 is 5.60 Å². The van der Waals surface area contributed by atoms with Crippen molar-refractivity contribution in [3.63, 3.8) is 0 Å². The SMILES string of the molecule is O=C(N1CCN(CCc2coc3cc(Oc4ccc(C5CCNN5)cn4)ccc23)CC1)C1(O)CC1. The summed E-state index contributed by atoms with van der Waals surface area (Å²) in [5.41, 5.74) is 8.41. The van der Waals surface area contributed by atoms with E-state index in [1.165, 1.54) is 0 Å². The van der Waals surface area contributed by atoms with Crippen molar-refractivity contribution in [2.24, 2.45) is 0 Å². The quantitative estimate of drug-likeness (QED) is 0.477. The van der Waals surface area contributed by atoms with Crippen LogP contribution in [0.3, 0.4) is 0 Å². The highest BCUT2D eigenvalue weighted by Crippen LogP contribution is 2.37. The number of carbonyl (C=O) groups excluding carboxylic acids is 1. The predicted molar refractivity (Wildman–Crippen MR) is 130 cm³/mol. The summed E-state index contributed by atoms with van der Waals surface area (Å²) in [5, 5.41) is 11.2. The first-order chi connectivity index (χ1) is 17.1. The molecule has 1 atom stereocenters. The molecule has 1 aromatic carbocycles. The van der Waals surface area contributed by atoms with Gasteiger partial charge in [-0.1, -0.05) is 6.07 Å². The van der Waals surface area contributed by atoms with Crippen LogP contribution in [0.1, 0.15) is 36.4 Å². The topological polar surface area (TPSA) is 103 Å². The van der Waals surface area contributed by atoms with Crippen molar-refractivity contribution in [3.05, 3.63) is 53.9 Å². The molecule has 184 valence electrons. The Hall–Kier alpha value is -2.98. The fourth-order valence-corrected chi connectivity index (χ4v) is 4.91. The second kappa shape index (κ2) is 9.23. The number of fused-ring (bicyclic) bond motifs is 1. The summed E-state index contributed by atoms with van der Waals surface area (Å²) in [5.74, 6) is 1.15. The molecule has 1 unspecified atom stereocenters. The Kier molecular flexibility index (Phi) is 5.93. The van der Waals surface area contributed by atoms with Gasteiger partial charge in [0.1, 0.15) is 16.9 Å². The van der Waals surface area contributed by atoms with Crippen LogP contribution in [0.2, 0.25) is 0 Å². The third-order valence-electron chi connectivity index (χ3n) is 7.32. The number of aliphatic hydroxyl groups is 1. The van der Waals surface area contributed by atoms with Crippen molar-refractivity contribution in [1.82, 2.24) is 25.6 Å². The maximum atomic E-state index is 12.3. The number of ether oxygens (including phenoxy) is 1. The standard InChI is InChI=1S/C26H31N5O4/c32-25(26(33)7-8-26)31-13-11-30(12-14-31)10-6-19-17-34-23-15-20(2-3-21(19)23)35-24-4-1-18(16-27-24)22-5-9-28-29-22/h1-4,15-17,22,28-29,33H,5-14H2. The lowest BCUT2D eigenvalue weighted by Crippen LogP contribution is -2.52. The second-order valence-electron chi connectivity index (χ2n) is 9.78. The third kappa shape index (κ3) is 4.77. The van der Waals surface area contributed by atoms with E-state index in [0.29, 0.717) is 37.6 Å². The summed E-state index contributed by atoms with van der Waals surface area (Å²) in [7, 11) is 0. The summed E-state index contributed by atoms with van der Waals surface area (Å²) in [4.78, 5) is 20.9. The number of carbonyl (C=O) groups is 1. The molecule has 35 heavy (non-hydrogen) atoms. The Morgan fingerprint density at radius 2 is 2.06 bits per heavy atom. The summed E-state index contributed by atoms with van der Waals surface area (Å²) in [6.45, 7) is 4.87. The molecule has 3 N–H and O–H groups in total. The molecule has 4 heterocycles. The number of hydrogen-bond donors (Lipinski definition) is 3. The zero-order valence-corrected chi connectivity index (χ0v) is 19.7. The molecular weight excluding hydrogens is 446 g/mol. The highest BCUT2D eigenvalue weighted by molar-refractivity contribution is 5.88. The van der Waals surface area contributed by atoms with Crippen molar-refractivity contribution < 1.29 is 19.1 Å². The van der Waals surface area contributed by atoms with Crippen LogP contribution in [0.4, 0.5) is 0 Å². The molecule has 3 aliphatic rings. The third-order valence-corrected chi connectivity index (χ3v) is 7.32. The van der Waals surface area contributed by atoms with E-state index in [4.69, 9.17) is 9.15 Å². The van der Waals surface area contributed by atoms with E-state index in [1.807, 2.05) is 47.7 Å². The Morgan fingerprint density at radius 3 is 2.77 bits per heavy atom. The number of pyridine rings is 1. The van der Waals surface area contributed by atoms with Gasteiger partial charge in [0.2, 0.25) is 5.88 Å². The maximum Gasteiger partial charge on any atom is 0.254 e. The maximum absolute atomic E-state index is 12.3. The molecule has 3 fully saturated rings. The predicted octanol–water partition coefficient (Wildman–Crippen LogP) is 2.37. The minimum absolute atomic E-state index is 0.0923. The first-order valence-corrected chi connectivity index (χ1v) is 12.4. The van der Waals surface area contributed by atoms with Crippen LogP contribution in [-0.4, -0.2) is 70.7 Å². The first-order valence-electron chi connectivity index (χ1n) is 12.4. The van der Waals surface area contributed by atoms with Gasteiger partial charge in [-0.2, -0.15) is 0 Å². The van der Waals surface area contributed by atoms with E-state index in [1.54, 1.807) is 0 Å². The molecule has 0 spiro atoms. The van der Waals surface area contributed by atoms with Gasteiger partial charge in [0, 0.05) is 69.0 Å². The normalized spacial score (nSPS) is 22.0. The van der Waals surface area contributed by atoms with Gasteiger partial charge >= 0.3 is 0 Å². The minimum Gasteiger partial charge on any atom is -0.464 e. The number of amides is 1. The van der Waals surface area contributed by atoms with Gasteiger partial charge < -0.3 is 19.2 Å². The smallest absolute Gasteiger partial charge is 0.254 e.